The van der Waals surface area contributed by atoms with Gasteiger partial charge in [0.2, 0.25) is 0 Å². The number of nitrogens with zero attached hydrogens (tertiary/aromatic N) is 1. The molecule has 21 heavy (non-hydrogen) atoms. The standard InChI is InChI=1S/C13H7F4N3O/c14-6-4-7(15)11(17)12(10(6)16)20-13-19-8-3-5(18)1-2-9(8)21-13/h1-4H,18H2,(H,19,20). The third-order valence-electron chi connectivity index (χ3n) is 2.76. The molecule has 0 amide bonds. The van der Waals surface area contributed by atoms with Gasteiger partial charge in [0.25, 0.3) is 6.01 Å². The van der Waals surface area contributed by atoms with E-state index < -0.39 is 29.0 Å². The molecule has 0 atom stereocenters. The monoisotopic (exact) mass is 297 g/mol. The summed E-state index contributed by atoms with van der Waals surface area (Å²) in [6, 6.07) is 4.31. The Morgan fingerprint density at radius 2 is 1.67 bits per heavy atom. The summed E-state index contributed by atoms with van der Waals surface area (Å²) >= 11 is 0. The Kier molecular flexibility index (Phi) is 2.93. The van der Waals surface area contributed by atoms with Gasteiger partial charge in [0.1, 0.15) is 11.2 Å². The highest BCUT2D eigenvalue weighted by molar-refractivity contribution is 5.78. The van der Waals surface area contributed by atoms with Crippen LogP contribution in [0.4, 0.5) is 35.0 Å². The maximum Gasteiger partial charge on any atom is 0.300 e. The molecule has 0 aliphatic heterocycles. The fraction of sp³-hybridized carbons (Fsp3) is 0. The third-order valence-corrected chi connectivity index (χ3v) is 2.76. The lowest BCUT2D eigenvalue weighted by Gasteiger charge is -2.06. The molecule has 0 bridgehead atoms. The van der Waals surface area contributed by atoms with Gasteiger partial charge in [-0.1, -0.05) is 0 Å². The van der Waals surface area contributed by atoms with E-state index >= 15 is 0 Å². The quantitative estimate of drug-likeness (QED) is 0.430. The summed E-state index contributed by atoms with van der Waals surface area (Å²) in [5, 5.41) is 2.08. The molecule has 1 aromatic heterocycles. The normalized spacial score (nSPS) is 11.0. The second-order valence-corrected chi connectivity index (χ2v) is 4.21. The van der Waals surface area contributed by atoms with Crippen LogP contribution in [0, 0.1) is 23.3 Å². The third kappa shape index (κ3) is 2.24. The zero-order chi connectivity index (χ0) is 15.1. The van der Waals surface area contributed by atoms with E-state index in [9.17, 15) is 17.6 Å². The van der Waals surface area contributed by atoms with E-state index in [1.54, 1.807) is 6.07 Å². The van der Waals surface area contributed by atoms with E-state index in [-0.39, 0.29) is 12.1 Å². The minimum Gasteiger partial charge on any atom is -0.423 e. The van der Waals surface area contributed by atoms with Crippen molar-refractivity contribution in [2.45, 2.75) is 0 Å². The average molecular weight is 297 g/mol. The van der Waals surface area contributed by atoms with Crippen LogP contribution in [0.1, 0.15) is 0 Å². The van der Waals surface area contributed by atoms with Crippen LogP contribution in [0.2, 0.25) is 0 Å². The number of aromatic nitrogens is 1. The lowest BCUT2D eigenvalue weighted by Crippen LogP contribution is -2.03. The second kappa shape index (κ2) is 4.65. The largest absolute Gasteiger partial charge is 0.423 e. The molecule has 3 aromatic rings. The van der Waals surface area contributed by atoms with Gasteiger partial charge < -0.3 is 15.5 Å². The zero-order valence-corrected chi connectivity index (χ0v) is 10.3. The number of anilines is 3. The Morgan fingerprint density at radius 3 is 2.33 bits per heavy atom. The predicted octanol–water partition coefficient (Wildman–Crippen LogP) is 3.71. The van der Waals surface area contributed by atoms with Crippen molar-refractivity contribution in [2.75, 3.05) is 11.1 Å². The Balaban J connectivity index is 2.06. The van der Waals surface area contributed by atoms with Crippen molar-refractivity contribution >= 4 is 28.5 Å². The summed E-state index contributed by atoms with van der Waals surface area (Å²) in [7, 11) is 0. The van der Waals surface area contributed by atoms with E-state index in [4.69, 9.17) is 10.2 Å². The minimum absolute atomic E-state index is 0.114. The molecular formula is C13H7F4N3O. The maximum atomic E-state index is 13.5. The van der Waals surface area contributed by atoms with Crippen molar-refractivity contribution < 1.29 is 22.0 Å². The molecule has 0 aliphatic carbocycles. The number of halogens is 4. The van der Waals surface area contributed by atoms with Crippen LogP contribution in [0.3, 0.4) is 0 Å². The molecule has 108 valence electrons. The van der Waals surface area contributed by atoms with Gasteiger partial charge in [-0.3, -0.25) is 0 Å². The van der Waals surface area contributed by atoms with Crippen molar-refractivity contribution in [1.82, 2.24) is 4.98 Å². The molecule has 2 aromatic carbocycles. The van der Waals surface area contributed by atoms with Crippen molar-refractivity contribution in [3.8, 4) is 0 Å². The molecule has 0 unspecified atom stereocenters. The summed E-state index contributed by atoms with van der Waals surface area (Å²) < 4.78 is 58.4. The molecule has 0 saturated carbocycles. The zero-order valence-electron chi connectivity index (χ0n) is 10.3. The number of rotatable bonds is 2. The van der Waals surface area contributed by atoms with Crippen LogP contribution in [0.5, 0.6) is 0 Å². The molecule has 8 heteroatoms. The number of hydrogen-bond acceptors (Lipinski definition) is 4. The number of benzene rings is 2. The Morgan fingerprint density at radius 1 is 1.00 bits per heavy atom. The van der Waals surface area contributed by atoms with E-state index in [1.165, 1.54) is 12.1 Å². The Bertz CT molecular complexity index is 821. The van der Waals surface area contributed by atoms with Gasteiger partial charge in [0.05, 0.1) is 0 Å². The summed E-state index contributed by atoms with van der Waals surface area (Å²) in [6.45, 7) is 0. The van der Waals surface area contributed by atoms with Crippen LogP contribution in [0.25, 0.3) is 11.1 Å². The van der Waals surface area contributed by atoms with Crippen LogP contribution in [-0.4, -0.2) is 4.98 Å². The second-order valence-electron chi connectivity index (χ2n) is 4.21. The summed E-state index contributed by atoms with van der Waals surface area (Å²) in [4.78, 5) is 3.87. The van der Waals surface area contributed by atoms with Gasteiger partial charge in [0, 0.05) is 11.8 Å². The van der Waals surface area contributed by atoms with Crippen LogP contribution in [-0.2, 0) is 0 Å². The first-order valence-corrected chi connectivity index (χ1v) is 5.72. The molecule has 4 nitrogen and oxygen atoms in total. The molecule has 0 saturated heterocycles. The van der Waals surface area contributed by atoms with E-state index in [1.807, 2.05) is 0 Å². The van der Waals surface area contributed by atoms with Crippen LogP contribution in [0.15, 0.2) is 28.7 Å². The van der Waals surface area contributed by atoms with Gasteiger partial charge in [-0.2, -0.15) is 4.98 Å². The molecule has 3 N–H and O–H groups in total. The highest BCUT2D eigenvalue weighted by Gasteiger charge is 2.20. The van der Waals surface area contributed by atoms with E-state index in [0.29, 0.717) is 16.8 Å². The van der Waals surface area contributed by atoms with E-state index in [0.717, 1.165) is 0 Å². The number of nitrogens with two attached hydrogens (primary N) is 1. The van der Waals surface area contributed by atoms with Gasteiger partial charge >= 0.3 is 0 Å². The lowest BCUT2D eigenvalue weighted by molar-refractivity contribution is 0.458. The van der Waals surface area contributed by atoms with Crippen molar-refractivity contribution in [3.05, 3.63) is 47.5 Å². The number of hydrogen-bond donors (Lipinski definition) is 2. The number of fused-ring (bicyclic) bond motifs is 1. The highest BCUT2D eigenvalue weighted by atomic mass is 19.2. The summed E-state index contributed by atoms with van der Waals surface area (Å²) in [5.74, 6) is -6.21. The van der Waals surface area contributed by atoms with E-state index in [2.05, 4.69) is 10.3 Å². The van der Waals surface area contributed by atoms with Crippen LogP contribution >= 0.6 is 0 Å². The maximum absolute atomic E-state index is 13.5. The van der Waals surface area contributed by atoms with Crippen molar-refractivity contribution in [3.63, 3.8) is 0 Å². The smallest absolute Gasteiger partial charge is 0.300 e. The predicted molar refractivity (Wildman–Crippen MR) is 68.0 cm³/mol. The van der Waals surface area contributed by atoms with Crippen LogP contribution < -0.4 is 11.1 Å². The fourth-order valence-electron chi connectivity index (χ4n) is 1.79. The first-order valence-electron chi connectivity index (χ1n) is 5.72. The summed E-state index contributed by atoms with van der Waals surface area (Å²) in [5.41, 5.74) is 5.57. The molecule has 3 rings (SSSR count). The Labute approximate surface area is 115 Å². The first kappa shape index (κ1) is 13.2. The lowest BCUT2D eigenvalue weighted by atomic mass is 10.2. The molecule has 0 radical (unpaired) electrons. The highest BCUT2D eigenvalue weighted by Crippen LogP contribution is 2.29. The molecular weight excluding hydrogens is 290 g/mol. The number of nitrogen functional groups attached to an aromatic ring is 1. The minimum atomic E-state index is -1.57. The van der Waals surface area contributed by atoms with Crippen molar-refractivity contribution in [2.24, 2.45) is 0 Å². The summed E-state index contributed by atoms with van der Waals surface area (Å²) in [6.07, 6.45) is 0. The number of nitrogens with one attached hydrogen (secondary N) is 1. The van der Waals surface area contributed by atoms with Gasteiger partial charge in [-0.05, 0) is 18.2 Å². The number of oxazole rings is 1. The van der Waals surface area contributed by atoms with Gasteiger partial charge in [-0.15, -0.1) is 0 Å². The van der Waals surface area contributed by atoms with Crippen molar-refractivity contribution in [1.29, 1.82) is 0 Å². The Hall–Kier alpha value is -2.77. The molecule has 1 heterocycles. The average Bonchev–Trinajstić information content (AvgIpc) is 2.83. The first-order chi connectivity index (χ1) is 9.95. The van der Waals surface area contributed by atoms with Gasteiger partial charge in [0.15, 0.2) is 28.9 Å². The molecule has 0 aliphatic rings. The fourth-order valence-corrected chi connectivity index (χ4v) is 1.79. The molecule has 0 fully saturated rings. The van der Waals surface area contributed by atoms with Gasteiger partial charge in [-0.25, -0.2) is 17.6 Å². The topological polar surface area (TPSA) is 64.1 Å². The SMILES string of the molecule is Nc1ccc2oc(Nc3c(F)c(F)cc(F)c3F)nc2c1. The molecule has 0 spiro atoms.